The van der Waals surface area contributed by atoms with Gasteiger partial charge in [0.1, 0.15) is 0 Å². The molecule has 120 valence electrons. The Morgan fingerprint density at radius 1 is 1.35 bits per heavy atom. The normalized spacial score (nSPS) is 21.3. The molecule has 0 aliphatic carbocycles. The van der Waals surface area contributed by atoms with Crippen molar-refractivity contribution >= 4 is 5.91 Å². The van der Waals surface area contributed by atoms with E-state index in [2.05, 4.69) is 34.3 Å². The lowest BCUT2D eigenvalue weighted by molar-refractivity contribution is 0.0933. The predicted molar refractivity (Wildman–Crippen MR) is 86.4 cm³/mol. The summed E-state index contributed by atoms with van der Waals surface area (Å²) in [6.45, 7) is 3.79. The number of aromatic nitrogens is 1. The van der Waals surface area contributed by atoms with E-state index in [1.54, 1.807) is 0 Å². The van der Waals surface area contributed by atoms with Gasteiger partial charge in [0.15, 0.2) is 5.82 Å². The second-order valence-corrected chi connectivity index (χ2v) is 6.03. The Balaban J connectivity index is 1.60. The van der Waals surface area contributed by atoms with Crippen molar-refractivity contribution in [3.63, 3.8) is 0 Å². The van der Waals surface area contributed by atoms with Crippen LogP contribution < -0.4 is 5.32 Å². The molecule has 0 bridgehead atoms. The standard InChI is InChI=1S/C18H20FN3O/c1-13-9-15(12-22(13)11-14-5-3-2-4-6-14)21-18(23)16-7-8-20-10-17(16)19/h2-8,10,13,15H,9,11-12H2,1H3,(H,21,23)/t13-,15+/m1/s1. The van der Waals surface area contributed by atoms with Crippen molar-refractivity contribution in [1.82, 2.24) is 15.2 Å². The lowest BCUT2D eigenvalue weighted by Crippen LogP contribution is -2.37. The summed E-state index contributed by atoms with van der Waals surface area (Å²) < 4.78 is 13.6. The third-order valence-corrected chi connectivity index (χ3v) is 4.28. The van der Waals surface area contributed by atoms with E-state index in [9.17, 15) is 9.18 Å². The Morgan fingerprint density at radius 2 is 2.13 bits per heavy atom. The number of halogens is 1. The van der Waals surface area contributed by atoms with E-state index >= 15 is 0 Å². The summed E-state index contributed by atoms with van der Waals surface area (Å²) in [4.78, 5) is 18.2. The van der Waals surface area contributed by atoms with E-state index in [0.29, 0.717) is 6.04 Å². The minimum absolute atomic E-state index is 0.0359. The van der Waals surface area contributed by atoms with Gasteiger partial charge in [0.25, 0.3) is 5.91 Å². The lowest BCUT2D eigenvalue weighted by atomic mass is 10.1. The fraction of sp³-hybridized carbons (Fsp3) is 0.333. The van der Waals surface area contributed by atoms with Crippen LogP contribution in [0, 0.1) is 5.82 Å². The Kier molecular flexibility index (Phi) is 4.67. The zero-order chi connectivity index (χ0) is 16.2. The summed E-state index contributed by atoms with van der Waals surface area (Å²) in [5, 5.41) is 2.93. The third-order valence-electron chi connectivity index (χ3n) is 4.28. The smallest absolute Gasteiger partial charge is 0.254 e. The van der Waals surface area contributed by atoms with Gasteiger partial charge >= 0.3 is 0 Å². The molecule has 1 N–H and O–H groups in total. The molecule has 2 aromatic rings. The maximum absolute atomic E-state index is 13.6. The van der Waals surface area contributed by atoms with Gasteiger partial charge < -0.3 is 5.32 Å². The molecule has 23 heavy (non-hydrogen) atoms. The zero-order valence-corrected chi connectivity index (χ0v) is 13.1. The molecule has 3 rings (SSSR count). The number of carbonyl (C=O) groups excluding carboxylic acids is 1. The van der Waals surface area contributed by atoms with Gasteiger partial charge in [0.05, 0.1) is 11.8 Å². The molecular weight excluding hydrogens is 293 g/mol. The van der Waals surface area contributed by atoms with Crippen molar-refractivity contribution in [2.24, 2.45) is 0 Å². The molecule has 0 unspecified atom stereocenters. The van der Waals surface area contributed by atoms with E-state index in [1.165, 1.54) is 17.8 Å². The van der Waals surface area contributed by atoms with Crippen LogP contribution in [0.5, 0.6) is 0 Å². The Morgan fingerprint density at radius 3 is 2.87 bits per heavy atom. The zero-order valence-electron chi connectivity index (χ0n) is 13.1. The first-order valence-electron chi connectivity index (χ1n) is 7.82. The van der Waals surface area contributed by atoms with Crippen molar-refractivity contribution in [2.45, 2.75) is 32.0 Å². The molecule has 5 heteroatoms. The van der Waals surface area contributed by atoms with Gasteiger partial charge in [0.2, 0.25) is 0 Å². The van der Waals surface area contributed by atoms with E-state index in [0.717, 1.165) is 25.7 Å². The van der Waals surface area contributed by atoms with Crippen molar-refractivity contribution in [3.8, 4) is 0 Å². The monoisotopic (exact) mass is 313 g/mol. The molecule has 2 heterocycles. The quantitative estimate of drug-likeness (QED) is 0.944. The number of hydrogen-bond donors (Lipinski definition) is 1. The molecule has 1 amide bonds. The molecule has 4 nitrogen and oxygen atoms in total. The van der Waals surface area contributed by atoms with Crippen molar-refractivity contribution in [1.29, 1.82) is 0 Å². The van der Waals surface area contributed by atoms with Crippen LogP contribution in [0.15, 0.2) is 48.8 Å². The molecular formula is C18H20FN3O. The highest BCUT2D eigenvalue weighted by Crippen LogP contribution is 2.20. The molecule has 1 saturated heterocycles. The average molecular weight is 313 g/mol. The van der Waals surface area contributed by atoms with Crippen LogP contribution in [0.3, 0.4) is 0 Å². The van der Waals surface area contributed by atoms with Gasteiger partial charge in [0, 0.05) is 31.4 Å². The van der Waals surface area contributed by atoms with Crippen LogP contribution in [-0.4, -0.2) is 34.4 Å². The summed E-state index contributed by atoms with van der Waals surface area (Å²) in [6.07, 6.45) is 3.36. The summed E-state index contributed by atoms with van der Waals surface area (Å²) in [5.41, 5.74) is 1.31. The molecule has 1 aliphatic heterocycles. The molecule has 1 aromatic heterocycles. The maximum atomic E-state index is 13.6. The number of likely N-dealkylation sites (tertiary alicyclic amines) is 1. The number of amides is 1. The Labute approximate surface area is 135 Å². The first-order chi connectivity index (χ1) is 11.1. The van der Waals surface area contributed by atoms with Crippen LogP contribution >= 0.6 is 0 Å². The van der Waals surface area contributed by atoms with Crippen molar-refractivity contribution in [2.75, 3.05) is 6.54 Å². The first-order valence-corrected chi connectivity index (χ1v) is 7.82. The van der Waals surface area contributed by atoms with Gasteiger partial charge in [-0.05, 0) is 25.0 Å². The van der Waals surface area contributed by atoms with Gasteiger partial charge in [-0.3, -0.25) is 14.7 Å². The van der Waals surface area contributed by atoms with Gasteiger partial charge in [-0.25, -0.2) is 4.39 Å². The number of benzene rings is 1. The number of nitrogens with one attached hydrogen (secondary N) is 1. The van der Waals surface area contributed by atoms with Crippen LogP contribution in [0.1, 0.15) is 29.3 Å². The maximum Gasteiger partial charge on any atom is 0.254 e. The van der Waals surface area contributed by atoms with Gasteiger partial charge in [-0.15, -0.1) is 0 Å². The predicted octanol–water partition coefficient (Wildman–Crippen LogP) is 2.61. The summed E-state index contributed by atoms with van der Waals surface area (Å²) >= 11 is 0. The molecule has 1 aromatic carbocycles. The van der Waals surface area contributed by atoms with Crippen LogP contribution in [0.4, 0.5) is 4.39 Å². The summed E-state index contributed by atoms with van der Waals surface area (Å²) in [6, 6.07) is 12.1. The molecule has 1 aliphatic rings. The summed E-state index contributed by atoms with van der Waals surface area (Å²) in [7, 11) is 0. The Hall–Kier alpha value is -2.27. The molecule has 2 atom stereocenters. The molecule has 0 radical (unpaired) electrons. The highest BCUT2D eigenvalue weighted by atomic mass is 19.1. The van der Waals surface area contributed by atoms with Crippen molar-refractivity contribution < 1.29 is 9.18 Å². The number of nitrogens with zero attached hydrogens (tertiary/aromatic N) is 2. The van der Waals surface area contributed by atoms with E-state index in [4.69, 9.17) is 0 Å². The lowest BCUT2D eigenvalue weighted by Gasteiger charge is -2.20. The van der Waals surface area contributed by atoms with Gasteiger partial charge in [-0.2, -0.15) is 0 Å². The second-order valence-electron chi connectivity index (χ2n) is 6.03. The molecule has 0 saturated carbocycles. The fourth-order valence-electron chi connectivity index (χ4n) is 3.06. The number of carbonyl (C=O) groups is 1. The van der Waals surface area contributed by atoms with Crippen LogP contribution in [0.25, 0.3) is 0 Å². The van der Waals surface area contributed by atoms with E-state index < -0.39 is 5.82 Å². The molecule has 0 spiro atoms. The van der Waals surface area contributed by atoms with Gasteiger partial charge in [-0.1, -0.05) is 30.3 Å². The number of pyridine rings is 1. The fourth-order valence-corrected chi connectivity index (χ4v) is 3.06. The largest absolute Gasteiger partial charge is 0.348 e. The SMILES string of the molecule is C[C@@H]1C[C@H](NC(=O)c2ccncc2F)CN1Cc1ccccc1. The topological polar surface area (TPSA) is 45.2 Å². The minimum atomic E-state index is -0.586. The third kappa shape index (κ3) is 3.74. The first kappa shape index (κ1) is 15.6. The molecule has 1 fully saturated rings. The number of hydrogen-bond acceptors (Lipinski definition) is 3. The van der Waals surface area contributed by atoms with Crippen LogP contribution in [0.2, 0.25) is 0 Å². The second kappa shape index (κ2) is 6.87. The van der Waals surface area contributed by atoms with Crippen molar-refractivity contribution in [3.05, 3.63) is 65.7 Å². The summed E-state index contributed by atoms with van der Waals surface area (Å²) in [5.74, 6) is -0.958. The van der Waals surface area contributed by atoms with Crippen LogP contribution in [-0.2, 0) is 6.54 Å². The van der Waals surface area contributed by atoms with E-state index in [-0.39, 0.29) is 17.5 Å². The highest BCUT2D eigenvalue weighted by Gasteiger charge is 2.30. The average Bonchev–Trinajstić information content (AvgIpc) is 2.88. The van der Waals surface area contributed by atoms with E-state index in [1.807, 2.05) is 18.2 Å². The highest BCUT2D eigenvalue weighted by molar-refractivity contribution is 5.94. The number of rotatable bonds is 4. The minimum Gasteiger partial charge on any atom is -0.348 e. The Bertz CT molecular complexity index is 677.